The van der Waals surface area contributed by atoms with Crippen molar-refractivity contribution in [2.24, 2.45) is 23.5 Å². The van der Waals surface area contributed by atoms with Gasteiger partial charge in [-0.25, -0.2) is 0 Å². The molecule has 10 heavy (non-hydrogen) atoms. The van der Waals surface area contributed by atoms with Crippen LogP contribution in [0.5, 0.6) is 0 Å². The molecule has 1 nitrogen and oxygen atoms in total. The Morgan fingerprint density at radius 2 is 1.60 bits per heavy atom. The van der Waals surface area contributed by atoms with Gasteiger partial charge in [0.1, 0.15) is 0 Å². The van der Waals surface area contributed by atoms with Crippen molar-refractivity contribution < 1.29 is 0 Å². The molecule has 4 aliphatic rings. The van der Waals surface area contributed by atoms with Crippen molar-refractivity contribution in [3.05, 3.63) is 0 Å². The van der Waals surface area contributed by atoms with Gasteiger partial charge >= 0.3 is 0 Å². The van der Waals surface area contributed by atoms with Crippen molar-refractivity contribution >= 4 is 0 Å². The summed E-state index contributed by atoms with van der Waals surface area (Å²) < 4.78 is 0. The zero-order chi connectivity index (χ0) is 6.77. The van der Waals surface area contributed by atoms with Gasteiger partial charge < -0.3 is 5.73 Å². The van der Waals surface area contributed by atoms with Gasteiger partial charge in [0.25, 0.3) is 0 Å². The van der Waals surface area contributed by atoms with E-state index in [0.29, 0.717) is 5.54 Å². The SMILES string of the molecule is NC12C[C@H]3CC1C[C@@H](C3)C2. The molecular weight excluding hydrogens is 122 g/mol. The van der Waals surface area contributed by atoms with E-state index >= 15 is 0 Å². The Bertz CT molecular complexity index is 162. The molecular formula is C9H15N. The van der Waals surface area contributed by atoms with Gasteiger partial charge in [0, 0.05) is 5.54 Å². The molecule has 0 spiro atoms. The first-order chi connectivity index (χ1) is 4.76. The lowest BCUT2D eigenvalue weighted by Gasteiger charge is -2.28. The fraction of sp³-hybridized carbons (Fsp3) is 1.00. The molecule has 4 rings (SSSR count). The summed E-state index contributed by atoms with van der Waals surface area (Å²) in [5.41, 5.74) is 6.61. The number of rotatable bonds is 0. The number of nitrogens with two attached hydrogens (primary N) is 1. The van der Waals surface area contributed by atoms with Crippen molar-refractivity contribution in [3.63, 3.8) is 0 Å². The van der Waals surface area contributed by atoms with Crippen LogP contribution in [0.2, 0.25) is 0 Å². The van der Waals surface area contributed by atoms with E-state index in [4.69, 9.17) is 5.73 Å². The maximum Gasteiger partial charge on any atom is 0.0188 e. The highest BCUT2D eigenvalue weighted by Gasteiger charge is 2.55. The van der Waals surface area contributed by atoms with Crippen molar-refractivity contribution in [1.29, 1.82) is 0 Å². The minimum atomic E-state index is 0.327. The summed E-state index contributed by atoms with van der Waals surface area (Å²) in [6, 6.07) is 0. The van der Waals surface area contributed by atoms with Gasteiger partial charge in [0.15, 0.2) is 0 Å². The van der Waals surface area contributed by atoms with Crippen LogP contribution in [0.3, 0.4) is 0 Å². The van der Waals surface area contributed by atoms with E-state index in [1.54, 1.807) is 0 Å². The molecule has 0 aromatic carbocycles. The summed E-state index contributed by atoms with van der Waals surface area (Å²) in [6.07, 6.45) is 7.15. The average Bonchev–Trinajstić information content (AvgIpc) is 2.14. The predicted octanol–water partition coefficient (Wildman–Crippen LogP) is 1.52. The third kappa shape index (κ3) is 0.493. The Labute approximate surface area is 62.0 Å². The molecule has 0 amide bonds. The van der Waals surface area contributed by atoms with Crippen LogP contribution in [0, 0.1) is 17.8 Å². The van der Waals surface area contributed by atoms with Crippen molar-refractivity contribution in [2.75, 3.05) is 0 Å². The normalized spacial score (nSPS) is 63.9. The first-order valence-corrected chi connectivity index (χ1v) is 4.55. The van der Waals surface area contributed by atoms with Gasteiger partial charge in [-0.1, -0.05) is 0 Å². The second-order valence-corrected chi connectivity index (χ2v) is 4.78. The number of hydrogen-bond acceptors (Lipinski definition) is 1. The molecule has 4 saturated carbocycles. The van der Waals surface area contributed by atoms with Crippen molar-refractivity contribution in [2.45, 2.75) is 37.6 Å². The van der Waals surface area contributed by atoms with E-state index in [1.165, 1.54) is 32.1 Å². The van der Waals surface area contributed by atoms with Crippen molar-refractivity contribution in [1.82, 2.24) is 0 Å². The maximum atomic E-state index is 6.29. The van der Waals surface area contributed by atoms with Gasteiger partial charge in [-0.15, -0.1) is 0 Å². The molecule has 0 heterocycles. The van der Waals surface area contributed by atoms with Crippen LogP contribution < -0.4 is 5.73 Å². The van der Waals surface area contributed by atoms with Crippen LogP contribution in [0.25, 0.3) is 0 Å². The molecule has 0 aromatic heterocycles. The Morgan fingerprint density at radius 3 is 2.00 bits per heavy atom. The third-order valence-electron chi connectivity index (χ3n) is 4.05. The Balaban J connectivity index is 2.04. The Kier molecular flexibility index (Phi) is 0.797. The zero-order valence-electron chi connectivity index (χ0n) is 6.34. The first kappa shape index (κ1) is 5.59. The second-order valence-electron chi connectivity index (χ2n) is 4.78. The van der Waals surface area contributed by atoms with E-state index in [0.717, 1.165) is 17.8 Å². The van der Waals surface area contributed by atoms with E-state index in [9.17, 15) is 0 Å². The van der Waals surface area contributed by atoms with Crippen LogP contribution in [0.15, 0.2) is 0 Å². The lowest BCUT2D eigenvalue weighted by molar-refractivity contribution is 0.268. The van der Waals surface area contributed by atoms with E-state index < -0.39 is 0 Å². The van der Waals surface area contributed by atoms with Gasteiger partial charge in [-0.2, -0.15) is 0 Å². The van der Waals surface area contributed by atoms with Gasteiger partial charge in [-0.05, 0) is 49.9 Å². The smallest absolute Gasteiger partial charge is 0.0188 e. The summed E-state index contributed by atoms with van der Waals surface area (Å²) >= 11 is 0. The molecule has 0 aromatic rings. The topological polar surface area (TPSA) is 26.0 Å². The van der Waals surface area contributed by atoms with Crippen LogP contribution >= 0.6 is 0 Å². The van der Waals surface area contributed by atoms with Gasteiger partial charge in [0.2, 0.25) is 0 Å². The first-order valence-electron chi connectivity index (χ1n) is 4.55. The minimum Gasteiger partial charge on any atom is -0.325 e. The minimum absolute atomic E-state index is 0.327. The van der Waals surface area contributed by atoms with Gasteiger partial charge in [0.05, 0.1) is 0 Å². The molecule has 2 N–H and O–H groups in total. The highest BCUT2D eigenvalue weighted by molar-refractivity contribution is 5.10. The molecule has 4 aliphatic carbocycles. The molecule has 1 heteroatoms. The number of hydrogen-bond donors (Lipinski definition) is 1. The van der Waals surface area contributed by atoms with Crippen molar-refractivity contribution in [3.8, 4) is 0 Å². The zero-order valence-corrected chi connectivity index (χ0v) is 6.34. The van der Waals surface area contributed by atoms with Gasteiger partial charge in [-0.3, -0.25) is 0 Å². The molecule has 56 valence electrons. The maximum absolute atomic E-state index is 6.29. The fourth-order valence-electron chi connectivity index (χ4n) is 3.86. The molecule has 0 radical (unpaired) electrons. The standard InChI is InChI=1S/C9H15N/c10-9-4-6-1-7(5-9)3-8(9)2-6/h6-8H,1-5,10H2/t6-,7-,8?,9?/m1/s1. The van der Waals surface area contributed by atoms with E-state index in [-0.39, 0.29) is 0 Å². The van der Waals surface area contributed by atoms with Crippen LogP contribution in [-0.2, 0) is 0 Å². The molecule has 0 saturated heterocycles. The van der Waals surface area contributed by atoms with Crippen LogP contribution in [-0.4, -0.2) is 5.54 Å². The Morgan fingerprint density at radius 1 is 1.00 bits per heavy atom. The summed E-state index contributed by atoms with van der Waals surface area (Å²) in [7, 11) is 0. The monoisotopic (exact) mass is 137 g/mol. The van der Waals surface area contributed by atoms with Crippen LogP contribution in [0.1, 0.15) is 32.1 Å². The largest absolute Gasteiger partial charge is 0.325 e. The average molecular weight is 137 g/mol. The second kappa shape index (κ2) is 1.42. The van der Waals surface area contributed by atoms with E-state index in [2.05, 4.69) is 0 Å². The Hall–Kier alpha value is -0.0400. The fourth-order valence-corrected chi connectivity index (χ4v) is 3.86. The molecule has 2 atom stereocenters. The van der Waals surface area contributed by atoms with E-state index in [1.807, 2.05) is 0 Å². The summed E-state index contributed by atoms with van der Waals surface area (Å²) in [4.78, 5) is 0. The summed E-state index contributed by atoms with van der Waals surface area (Å²) in [5.74, 6) is 2.99. The lowest BCUT2D eigenvalue weighted by Crippen LogP contribution is -2.40. The molecule has 0 unspecified atom stereocenters. The summed E-state index contributed by atoms with van der Waals surface area (Å²) in [6.45, 7) is 0. The summed E-state index contributed by atoms with van der Waals surface area (Å²) in [5, 5.41) is 0. The third-order valence-corrected chi connectivity index (χ3v) is 4.05. The highest BCUT2D eigenvalue weighted by atomic mass is 14.8. The molecule has 4 bridgehead atoms. The molecule has 4 fully saturated rings. The predicted molar refractivity (Wildman–Crippen MR) is 40.5 cm³/mol. The highest BCUT2D eigenvalue weighted by Crippen LogP contribution is 2.58. The molecule has 0 aliphatic heterocycles. The lowest BCUT2D eigenvalue weighted by atomic mass is 9.81. The van der Waals surface area contributed by atoms with Crippen LogP contribution in [0.4, 0.5) is 0 Å². The quantitative estimate of drug-likeness (QED) is 0.538.